The molecule has 0 amide bonds. The van der Waals surface area contributed by atoms with E-state index in [1.165, 1.54) is 24.4 Å². The van der Waals surface area contributed by atoms with Gasteiger partial charge in [0.2, 0.25) is 0 Å². The Morgan fingerprint density at radius 1 is 1.10 bits per heavy atom. The number of nitrogens with zero attached hydrogens (tertiary/aromatic N) is 1. The average molecular weight is 445 g/mol. The van der Waals surface area contributed by atoms with E-state index < -0.39 is 42.5 Å². The van der Waals surface area contributed by atoms with E-state index in [-0.39, 0.29) is 18.8 Å². The molecule has 1 rings (SSSR count). The van der Waals surface area contributed by atoms with Crippen LogP contribution in [-0.4, -0.2) is 45.6 Å². The van der Waals surface area contributed by atoms with Crippen molar-refractivity contribution >= 4 is 25.7 Å². The summed E-state index contributed by atoms with van der Waals surface area (Å²) in [6.07, 6.45) is 1.26. The Balaban J connectivity index is 3.53. The van der Waals surface area contributed by atoms with Gasteiger partial charge in [-0.05, 0) is 19.9 Å². The number of hydrogen-bond acceptors (Lipinski definition) is 8. The van der Waals surface area contributed by atoms with Crippen LogP contribution in [0.15, 0.2) is 29.3 Å². The molecule has 0 aliphatic carbocycles. The molecule has 0 spiro atoms. The van der Waals surface area contributed by atoms with Crippen LogP contribution in [0.3, 0.4) is 0 Å². The zero-order chi connectivity index (χ0) is 22.9. The third kappa shape index (κ3) is 6.20. The van der Waals surface area contributed by atoms with Crippen LogP contribution in [-0.2, 0) is 32.7 Å². The first kappa shape index (κ1) is 25.9. The van der Waals surface area contributed by atoms with Gasteiger partial charge in [-0.2, -0.15) is 0 Å². The molecule has 0 aromatic heterocycles. The summed E-state index contributed by atoms with van der Waals surface area (Å²) in [7, 11) is -1.64. The molecule has 0 N–H and O–H groups in total. The van der Waals surface area contributed by atoms with Crippen molar-refractivity contribution < 1.29 is 37.1 Å². The van der Waals surface area contributed by atoms with E-state index in [4.69, 9.17) is 18.5 Å². The maximum absolute atomic E-state index is 14.5. The molecule has 1 atom stereocenters. The Bertz CT molecular complexity index is 786. The standard InChI is InChI=1S/C20H29FNO7P/c1-7-28-30(25,29-8-2)17(14-11-9-10-12-15(14)21)22-13-20(3,4)16(18(23)26-5)19(24)27-6/h9-13,16-17H,7-8H2,1-6H3/b22-13+. The molecule has 168 valence electrons. The van der Waals surface area contributed by atoms with Crippen LogP contribution in [0.1, 0.15) is 39.0 Å². The number of hydrogen-bond donors (Lipinski definition) is 0. The number of ether oxygens (including phenoxy) is 2. The van der Waals surface area contributed by atoms with Crippen molar-refractivity contribution in [2.45, 2.75) is 33.5 Å². The lowest BCUT2D eigenvalue weighted by molar-refractivity contribution is -0.162. The van der Waals surface area contributed by atoms with Crippen LogP contribution in [0.4, 0.5) is 4.39 Å². The predicted molar refractivity (Wildman–Crippen MR) is 110 cm³/mol. The molecule has 0 aliphatic heterocycles. The number of methoxy groups -OCH3 is 2. The highest BCUT2D eigenvalue weighted by Gasteiger charge is 2.44. The largest absolute Gasteiger partial charge is 0.468 e. The Kier molecular flexibility index (Phi) is 9.81. The summed E-state index contributed by atoms with van der Waals surface area (Å²) >= 11 is 0. The van der Waals surface area contributed by atoms with Crippen LogP contribution in [0, 0.1) is 17.2 Å². The second kappa shape index (κ2) is 11.3. The number of benzene rings is 1. The Labute approximate surface area is 176 Å². The van der Waals surface area contributed by atoms with E-state index in [0.29, 0.717) is 0 Å². The fraction of sp³-hybridized carbons (Fsp3) is 0.550. The van der Waals surface area contributed by atoms with Gasteiger partial charge < -0.3 is 18.5 Å². The normalized spacial score (nSPS) is 13.5. The fourth-order valence-corrected chi connectivity index (χ4v) is 4.69. The molecule has 0 aliphatic rings. The van der Waals surface area contributed by atoms with E-state index in [0.717, 1.165) is 14.2 Å². The van der Waals surface area contributed by atoms with Crippen LogP contribution < -0.4 is 0 Å². The molecule has 0 radical (unpaired) electrons. The zero-order valence-corrected chi connectivity index (χ0v) is 19.0. The zero-order valence-electron chi connectivity index (χ0n) is 18.1. The fourth-order valence-electron chi connectivity index (χ4n) is 2.83. The Morgan fingerprint density at radius 3 is 2.03 bits per heavy atom. The third-order valence-corrected chi connectivity index (χ3v) is 6.51. The van der Waals surface area contributed by atoms with Crippen molar-refractivity contribution in [1.29, 1.82) is 0 Å². The highest BCUT2D eigenvalue weighted by Crippen LogP contribution is 2.62. The summed E-state index contributed by atoms with van der Waals surface area (Å²) < 4.78 is 48.1. The molecule has 10 heteroatoms. The second-order valence-electron chi connectivity index (χ2n) is 6.85. The molecule has 0 saturated heterocycles. The van der Waals surface area contributed by atoms with Crippen molar-refractivity contribution in [3.8, 4) is 0 Å². The van der Waals surface area contributed by atoms with Gasteiger partial charge in [-0.3, -0.25) is 19.1 Å². The van der Waals surface area contributed by atoms with Gasteiger partial charge in [0.1, 0.15) is 5.82 Å². The number of carbonyl (C=O) groups excluding carboxylic acids is 2. The molecular formula is C20H29FNO7P. The molecular weight excluding hydrogens is 416 g/mol. The average Bonchev–Trinajstić information content (AvgIpc) is 2.69. The lowest BCUT2D eigenvalue weighted by Crippen LogP contribution is -2.40. The van der Waals surface area contributed by atoms with E-state index in [1.54, 1.807) is 33.8 Å². The van der Waals surface area contributed by atoms with Gasteiger partial charge in [0.15, 0.2) is 11.7 Å². The van der Waals surface area contributed by atoms with Crippen LogP contribution in [0.25, 0.3) is 0 Å². The Morgan fingerprint density at radius 2 is 1.60 bits per heavy atom. The first-order valence-electron chi connectivity index (χ1n) is 9.41. The summed E-state index contributed by atoms with van der Waals surface area (Å²) in [4.78, 5) is 28.7. The maximum atomic E-state index is 14.5. The van der Waals surface area contributed by atoms with Crippen molar-refractivity contribution in [2.75, 3.05) is 27.4 Å². The number of aliphatic imine (C=N–C) groups is 1. The lowest BCUT2D eigenvalue weighted by Gasteiger charge is -2.28. The van der Waals surface area contributed by atoms with Crippen molar-refractivity contribution in [2.24, 2.45) is 16.3 Å². The molecule has 1 aromatic carbocycles. The van der Waals surface area contributed by atoms with E-state index in [1.807, 2.05) is 0 Å². The van der Waals surface area contributed by atoms with Crippen molar-refractivity contribution in [3.63, 3.8) is 0 Å². The summed E-state index contributed by atoms with van der Waals surface area (Å²) in [5.41, 5.74) is -1.21. The minimum atomic E-state index is -3.93. The monoisotopic (exact) mass is 445 g/mol. The molecule has 0 heterocycles. The summed E-state index contributed by atoms with van der Waals surface area (Å²) in [5, 5.41) is 0. The van der Waals surface area contributed by atoms with Crippen LogP contribution in [0.5, 0.6) is 0 Å². The van der Waals surface area contributed by atoms with Crippen molar-refractivity contribution in [1.82, 2.24) is 0 Å². The van der Waals surface area contributed by atoms with Gasteiger partial charge in [0, 0.05) is 17.2 Å². The maximum Gasteiger partial charge on any atom is 0.359 e. The van der Waals surface area contributed by atoms with E-state index >= 15 is 0 Å². The molecule has 30 heavy (non-hydrogen) atoms. The minimum absolute atomic E-state index is 0.00229. The number of esters is 2. The van der Waals surface area contributed by atoms with E-state index in [9.17, 15) is 18.5 Å². The summed E-state index contributed by atoms with van der Waals surface area (Å²) in [6, 6.07) is 5.68. The number of rotatable bonds is 11. The highest BCUT2D eigenvalue weighted by molar-refractivity contribution is 7.54. The van der Waals surface area contributed by atoms with Gasteiger partial charge in [-0.25, -0.2) is 4.39 Å². The second-order valence-corrected chi connectivity index (χ2v) is 8.93. The first-order valence-corrected chi connectivity index (χ1v) is 11.0. The van der Waals surface area contributed by atoms with Crippen molar-refractivity contribution in [3.05, 3.63) is 35.6 Å². The molecule has 0 fully saturated rings. The topological polar surface area (TPSA) is 100 Å². The quantitative estimate of drug-likeness (QED) is 0.218. The number of halogens is 1. The predicted octanol–water partition coefficient (Wildman–Crippen LogP) is 4.15. The van der Waals surface area contributed by atoms with Gasteiger partial charge in [-0.1, -0.05) is 32.0 Å². The van der Waals surface area contributed by atoms with Crippen LogP contribution >= 0.6 is 7.60 Å². The van der Waals surface area contributed by atoms with Crippen LogP contribution in [0.2, 0.25) is 0 Å². The minimum Gasteiger partial charge on any atom is -0.468 e. The smallest absolute Gasteiger partial charge is 0.359 e. The first-order chi connectivity index (χ1) is 14.1. The summed E-state index contributed by atoms with van der Waals surface area (Å²) in [5.74, 6) is -4.96. The number of carbonyl (C=O) groups is 2. The lowest BCUT2D eigenvalue weighted by atomic mass is 9.79. The van der Waals surface area contributed by atoms with Gasteiger partial charge in [-0.15, -0.1) is 0 Å². The molecule has 0 saturated carbocycles. The molecule has 1 aromatic rings. The Hall–Kier alpha value is -2.09. The van der Waals surface area contributed by atoms with Gasteiger partial charge in [0.05, 0.1) is 27.4 Å². The molecule has 0 bridgehead atoms. The van der Waals surface area contributed by atoms with Gasteiger partial charge in [0.25, 0.3) is 0 Å². The SMILES string of the molecule is CCOP(=O)(OCC)C(/N=C/C(C)(C)C(C(=O)OC)C(=O)OC)c1ccccc1F. The van der Waals surface area contributed by atoms with E-state index in [2.05, 4.69) is 4.99 Å². The molecule has 1 unspecified atom stereocenters. The van der Waals surface area contributed by atoms with Gasteiger partial charge >= 0.3 is 19.5 Å². The molecule has 8 nitrogen and oxygen atoms in total. The third-order valence-electron chi connectivity index (χ3n) is 4.27. The summed E-state index contributed by atoms with van der Waals surface area (Å²) in [6.45, 7) is 6.46. The highest BCUT2D eigenvalue weighted by atomic mass is 31.2.